The second-order valence-corrected chi connectivity index (χ2v) is 6.09. The number of piperazine rings is 1. The predicted molar refractivity (Wildman–Crippen MR) is 95.1 cm³/mol. The van der Waals surface area contributed by atoms with Gasteiger partial charge < -0.3 is 20.0 Å². The zero-order valence-corrected chi connectivity index (χ0v) is 14.1. The van der Waals surface area contributed by atoms with E-state index in [0.29, 0.717) is 0 Å². The van der Waals surface area contributed by atoms with Crippen molar-refractivity contribution in [2.75, 3.05) is 63.8 Å². The van der Waals surface area contributed by atoms with Gasteiger partial charge in [-0.25, -0.2) is 4.98 Å². The van der Waals surface area contributed by atoms with Crippen molar-refractivity contribution in [3.05, 3.63) is 24.4 Å². The number of guanidine groups is 1. The molecular formula is C17H28N6. The van der Waals surface area contributed by atoms with Crippen LogP contribution in [-0.2, 0) is 0 Å². The molecule has 1 aromatic rings. The highest BCUT2D eigenvalue weighted by molar-refractivity contribution is 5.80. The van der Waals surface area contributed by atoms with Crippen molar-refractivity contribution in [3.8, 4) is 0 Å². The Morgan fingerprint density at radius 2 is 2.00 bits per heavy atom. The number of likely N-dealkylation sites (tertiary alicyclic amines) is 1. The molecule has 1 aromatic heterocycles. The van der Waals surface area contributed by atoms with E-state index in [4.69, 9.17) is 4.99 Å². The molecule has 2 aliphatic rings. The van der Waals surface area contributed by atoms with Gasteiger partial charge in [-0.15, -0.1) is 0 Å². The Kier molecular flexibility index (Phi) is 5.69. The minimum atomic E-state index is 0.892. The normalized spacial score (nSPS) is 19.6. The van der Waals surface area contributed by atoms with E-state index in [1.807, 2.05) is 12.3 Å². The summed E-state index contributed by atoms with van der Waals surface area (Å²) in [4.78, 5) is 16.4. The van der Waals surface area contributed by atoms with Gasteiger partial charge in [0.15, 0.2) is 5.96 Å². The van der Waals surface area contributed by atoms with Gasteiger partial charge in [-0.1, -0.05) is 6.07 Å². The second-order valence-electron chi connectivity index (χ2n) is 6.09. The van der Waals surface area contributed by atoms with Crippen LogP contribution in [-0.4, -0.2) is 79.6 Å². The summed E-state index contributed by atoms with van der Waals surface area (Å²) in [6.45, 7) is 11.5. The lowest BCUT2D eigenvalue weighted by Crippen LogP contribution is -2.53. The van der Waals surface area contributed by atoms with Crippen molar-refractivity contribution >= 4 is 11.8 Å². The fraction of sp³-hybridized carbons (Fsp3) is 0.647. The molecule has 2 saturated heterocycles. The van der Waals surface area contributed by atoms with Crippen molar-refractivity contribution in [2.45, 2.75) is 13.3 Å². The van der Waals surface area contributed by atoms with Gasteiger partial charge in [0, 0.05) is 45.5 Å². The van der Waals surface area contributed by atoms with E-state index in [0.717, 1.165) is 57.6 Å². The van der Waals surface area contributed by atoms with Crippen molar-refractivity contribution in [3.63, 3.8) is 0 Å². The lowest BCUT2D eigenvalue weighted by atomic mass is 10.2. The van der Waals surface area contributed by atoms with E-state index in [1.54, 1.807) is 0 Å². The number of nitrogens with one attached hydrogen (secondary N) is 1. The highest BCUT2D eigenvalue weighted by Crippen LogP contribution is 2.12. The van der Waals surface area contributed by atoms with E-state index in [1.165, 1.54) is 19.5 Å². The third-order valence-electron chi connectivity index (χ3n) is 4.51. The Labute approximate surface area is 139 Å². The molecule has 0 aliphatic carbocycles. The maximum absolute atomic E-state index is 4.81. The number of aromatic nitrogens is 1. The highest BCUT2D eigenvalue weighted by atomic mass is 15.4. The molecule has 0 bridgehead atoms. The molecule has 6 nitrogen and oxygen atoms in total. The lowest BCUT2D eigenvalue weighted by molar-refractivity contribution is 0.187. The molecule has 2 aliphatic heterocycles. The van der Waals surface area contributed by atoms with Crippen molar-refractivity contribution < 1.29 is 0 Å². The second kappa shape index (κ2) is 8.15. The number of anilines is 1. The van der Waals surface area contributed by atoms with Gasteiger partial charge >= 0.3 is 0 Å². The van der Waals surface area contributed by atoms with Gasteiger partial charge in [0.2, 0.25) is 0 Å². The van der Waals surface area contributed by atoms with Crippen LogP contribution in [0, 0.1) is 0 Å². The molecule has 0 spiro atoms. The first kappa shape index (κ1) is 16.1. The fourth-order valence-electron chi connectivity index (χ4n) is 3.02. The summed E-state index contributed by atoms with van der Waals surface area (Å²) in [7, 11) is 0. The summed E-state index contributed by atoms with van der Waals surface area (Å²) in [5.74, 6) is 2.14. The summed E-state index contributed by atoms with van der Waals surface area (Å²) in [6, 6.07) is 6.10. The highest BCUT2D eigenvalue weighted by Gasteiger charge is 2.20. The van der Waals surface area contributed by atoms with E-state index in [9.17, 15) is 0 Å². The Morgan fingerprint density at radius 1 is 1.17 bits per heavy atom. The molecule has 6 heteroatoms. The Morgan fingerprint density at radius 3 is 2.61 bits per heavy atom. The Balaban J connectivity index is 1.51. The zero-order valence-electron chi connectivity index (χ0n) is 14.1. The average Bonchev–Trinajstić information content (AvgIpc) is 2.57. The molecule has 0 aromatic carbocycles. The van der Waals surface area contributed by atoms with Crippen molar-refractivity contribution in [1.29, 1.82) is 0 Å². The summed E-state index contributed by atoms with van der Waals surface area (Å²) in [5.41, 5.74) is 0. The number of hydrogen-bond acceptors (Lipinski definition) is 4. The maximum atomic E-state index is 4.81. The van der Waals surface area contributed by atoms with Gasteiger partial charge in [-0.3, -0.25) is 4.99 Å². The SMILES string of the molecule is CCNC(=NCCN1CCC1)N1CCN(c2ccccn2)CC1. The molecule has 23 heavy (non-hydrogen) atoms. The van der Waals surface area contributed by atoms with E-state index in [2.05, 4.69) is 44.1 Å². The van der Waals surface area contributed by atoms with Crippen LogP contribution in [0.2, 0.25) is 0 Å². The van der Waals surface area contributed by atoms with Gasteiger partial charge in [0.1, 0.15) is 5.82 Å². The van der Waals surface area contributed by atoms with Crippen LogP contribution in [0.1, 0.15) is 13.3 Å². The number of rotatable bonds is 5. The topological polar surface area (TPSA) is 47.0 Å². The molecule has 0 saturated carbocycles. The molecule has 126 valence electrons. The van der Waals surface area contributed by atoms with Gasteiger partial charge in [0.25, 0.3) is 0 Å². The standard InChI is InChI=1S/C17H28N6/c1-2-18-17(20-8-11-21-9-5-10-21)23-14-12-22(13-15-23)16-6-3-4-7-19-16/h3-4,6-7H,2,5,8-15H2,1H3,(H,18,20). The lowest BCUT2D eigenvalue weighted by Gasteiger charge is -2.37. The quantitative estimate of drug-likeness (QED) is 0.645. The smallest absolute Gasteiger partial charge is 0.194 e. The largest absolute Gasteiger partial charge is 0.357 e. The molecule has 0 amide bonds. The van der Waals surface area contributed by atoms with E-state index < -0.39 is 0 Å². The van der Waals surface area contributed by atoms with Crippen molar-refractivity contribution in [2.24, 2.45) is 4.99 Å². The molecule has 0 unspecified atom stereocenters. The first-order chi connectivity index (χ1) is 11.4. The third kappa shape index (κ3) is 4.34. The number of aliphatic imine (C=N–C) groups is 1. The van der Waals surface area contributed by atoms with Gasteiger partial charge in [0.05, 0.1) is 6.54 Å². The van der Waals surface area contributed by atoms with E-state index >= 15 is 0 Å². The van der Waals surface area contributed by atoms with E-state index in [-0.39, 0.29) is 0 Å². The summed E-state index contributed by atoms with van der Waals surface area (Å²) < 4.78 is 0. The van der Waals surface area contributed by atoms with Crippen LogP contribution in [0.15, 0.2) is 29.4 Å². The van der Waals surface area contributed by atoms with Crippen LogP contribution < -0.4 is 10.2 Å². The van der Waals surface area contributed by atoms with Crippen LogP contribution in [0.5, 0.6) is 0 Å². The molecule has 3 heterocycles. The minimum Gasteiger partial charge on any atom is -0.357 e. The Bertz CT molecular complexity index is 491. The van der Waals surface area contributed by atoms with Crippen LogP contribution in [0.25, 0.3) is 0 Å². The average molecular weight is 316 g/mol. The fourth-order valence-corrected chi connectivity index (χ4v) is 3.02. The number of nitrogens with zero attached hydrogens (tertiary/aromatic N) is 5. The third-order valence-corrected chi connectivity index (χ3v) is 4.51. The van der Waals surface area contributed by atoms with Crippen LogP contribution in [0.3, 0.4) is 0 Å². The molecular weight excluding hydrogens is 288 g/mol. The molecule has 2 fully saturated rings. The maximum Gasteiger partial charge on any atom is 0.194 e. The van der Waals surface area contributed by atoms with Crippen LogP contribution >= 0.6 is 0 Å². The number of pyridine rings is 1. The summed E-state index contributed by atoms with van der Waals surface area (Å²) in [5, 5.41) is 3.44. The first-order valence-electron chi connectivity index (χ1n) is 8.78. The first-order valence-corrected chi connectivity index (χ1v) is 8.78. The Hall–Kier alpha value is -1.82. The van der Waals surface area contributed by atoms with Gasteiger partial charge in [-0.05, 0) is 38.6 Å². The van der Waals surface area contributed by atoms with Crippen LogP contribution in [0.4, 0.5) is 5.82 Å². The molecule has 0 atom stereocenters. The summed E-state index contributed by atoms with van der Waals surface area (Å²) in [6.07, 6.45) is 3.21. The van der Waals surface area contributed by atoms with Crippen molar-refractivity contribution in [1.82, 2.24) is 20.1 Å². The molecule has 1 N–H and O–H groups in total. The monoisotopic (exact) mass is 316 g/mol. The molecule has 0 radical (unpaired) electrons. The molecule has 3 rings (SSSR count). The van der Waals surface area contributed by atoms with Gasteiger partial charge in [-0.2, -0.15) is 0 Å². The predicted octanol–water partition coefficient (Wildman–Crippen LogP) is 0.875. The number of hydrogen-bond donors (Lipinski definition) is 1. The zero-order chi connectivity index (χ0) is 15.9. The summed E-state index contributed by atoms with van der Waals surface area (Å²) >= 11 is 0. The minimum absolute atomic E-state index is 0.892.